The van der Waals surface area contributed by atoms with Gasteiger partial charge in [0.15, 0.2) is 5.78 Å². The van der Waals surface area contributed by atoms with Crippen molar-refractivity contribution < 1.29 is 23.0 Å². The van der Waals surface area contributed by atoms with Crippen molar-refractivity contribution in [1.29, 1.82) is 0 Å². The van der Waals surface area contributed by atoms with Crippen molar-refractivity contribution in [1.82, 2.24) is 0 Å². The Balaban J connectivity index is 3.09. The van der Waals surface area contributed by atoms with Crippen molar-refractivity contribution in [2.75, 3.05) is 6.61 Å². The van der Waals surface area contributed by atoms with E-state index in [4.69, 9.17) is 4.74 Å². The molecule has 0 N–H and O–H groups in total. The van der Waals surface area contributed by atoms with E-state index in [2.05, 4.69) is 20.7 Å². The van der Waals surface area contributed by atoms with Crippen LogP contribution in [0.15, 0.2) is 18.2 Å². The molecule has 1 atom stereocenters. The van der Waals surface area contributed by atoms with Crippen LogP contribution in [-0.2, 0) is 0 Å². The maximum absolute atomic E-state index is 12.2. The average Bonchev–Trinajstić information content (AvgIpc) is 2.27. The van der Waals surface area contributed by atoms with E-state index in [1.165, 1.54) is 18.2 Å². The van der Waals surface area contributed by atoms with E-state index in [1.807, 2.05) is 0 Å². The smallest absolute Gasteiger partial charge is 0.387 e. The summed E-state index contributed by atoms with van der Waals surface area (Å²) in [5.41, 5.74) is 0.265. The van der Waals surface area contributed by atoms with E-state index in [9.17, 15) is 13.6 Å². The van der Waals surface area contributed by atoms with Crippen LogP contribution >= 0.6 is 15.9 Å². The second kappa shape index (κ2) is 6.68. The van der Waals surface area contributed by atoms with Crippen LogP contribution in [0.2, 0.25) is 0 Å². The molecule has 0 saturated heterocycles. The van der Waals surface area contributed by atoms with Gasteiger partial charge < -0.3 is 9.47 Å². The molecule has 0 bridgehead atoms. The molecule has 0 aliphatic rings. The Morgan fingerprint density at radius 1 is 1.33 bits per heavy atom. The summed E-state index contributed by atoms with van der Waals surface area (Å²) in [6.07, 6.45) is 0. The molecule has 0 amide bonds. The molecular weight excluding hydrogens is 310 g/mol. The van der Waals surface area contributed by atoms with Gasteiger partial charge in [0.05, 0.1) is 11.4 Å². The second-order valence-electron chi connectivity index (χ2n) is 3.48. The molecule has 0 aliphatic carbocycles. The Labute approximate surface area is 112 Å². The lowest BCUT2D eigenvalue weighted by molar-refractivity contribution is -0.0499. The number of alkyl halides is 3. The Hall–Kier alpha value is -1.17. The number of benzene rings is 1. The van der Waals surface area contributed by atoms with Gasteiger partial charge in [0, 0.05) is 11.6 Å². The van der Waals surface area contributed by atoms with E-state index in [0.29, 0.717) is 12.4 Å². The van der Waals surface area contributed by atoms with Gasteiger partial charge in [0.1, 0.15) is 11.5 Å². The fourth-order valence-corrected chi connectivity index (χ4v) is 1.63. The summed E-state index contributed by atoms with van der Waals surface area (Å²) in [4.78, 5) is 11.4. The van der Waals surface area contributed by atoms with E-state index < -0.39 is 11.4 Å². The fraction of sp³-hybridized carbons (Fsp3) is 0.417. The average molecular weight is 323 g/mol. The quantitative estimate of drug-likeness (QED) is 0.592. The molecule has 0 heterocycles. The lowest BCUT2D eigenvalue weighted by atomic mass is 10.1. The third-order valence-corrected chi connectivity index (χ3v) is 2.48. The van der Waals surface area contributed by atoms with Crippen molar-refractivity contribution >= 4 is 21.7 Å². The van der Waals surface area contributed by atoms with Gasteiger partial charge in [-0.2, -0.15) is 8.78 Å². The highest BCUT2D eigenvalue weighted by Crippen LogP contribution is 2.26. The zero-order valence-electron chi connectivity index (χ0n) is 9.95. The molecule has 0 spiro atoms. The van der Waals surface area contributed by atoms with Gasteiger partial charge >= 0.3 is 6.61 Å². The number of Topliss-reactive ketones (excluding diaryl/α,β-unsaturated/α-hetero) is 1. The predicted molar refractivity (Wildman–Crippen MR) is 67.0 cm³/mol. The van der Waals surface area contributed by atoms with Crippen molar-refractivity contribution in [3.8, 4) is 11.5 Å². The topological polar surface area (TPSA) is 35.5 Å². The van der Waals surface area contributed by atoms with E-state index >= 15 is 0 Å². The first kappa shape index (κ1) is 14.9. The van der Waals surface area contributed by atoms with Gasteiger partial charge in [-0.3, -0.25) is 4.79 Å². The highest BCUT2D eigenvalue weighted by atomic mass is 79.9. The molecule has 1 aromatic rings. The number of carbonyl (C=O) groups is 1. The van der Waals surface area contributed by atoms with Crippen LogP contribution in [0.3, 0.4) is 0 Å². The number of ether oxygens (including phenoxy) is 2. The molecule has 100 valence electrons. The normalized spacial score (nSPS) is 12.3. The van der Waals surface area contributed by atoms with Crippen LogP contribution in [0.4, 0.5) is 8.78 Å². The monoisotopic (exact) mass is 322 g/mol. The highest BCUT2D eigenvalue weighted by molar-refractivity contribution is 9.10. The molecule has 1 rings (SSSR count). The van der Waals surface area contributed by atoms with Crippen molar-refractivity contribution in [2.24, 2.45) is 0 Å². The van der Waals surface area contributed by atoms with Crippen LogP contribution in [0.25, 0.3) is 0 Å². The van der Waals surface area contributed by atoms with Crippen LogP contribution in [-0.4, -0.2) is 23.8 Å². The summed E-state index contributed by atoms with van der Waals surface area (Å²) in [7, 11) is 0. The third-order valence-electron chi connectivity index (χ3n) is 2.06. The summed E-state index contributed by atoms with van der Waals surface area (Å²) >= 11 is 3.14. The zero-order chi connectivity index (χ0) is 13.7. The minimum absolute atomic E-state index is 0.0903. The largest absolute Gasteiger partial charge is 0.494 e. The Kier molecular flexibility index (Phi) is 5.53. The zero-order valence-corrected chi connectivity index (χ0v) is 11.5. The maximum atomic E-state index is 12.2. The molecule has 1 aromatic carbocycles. The molecule has 6 heteroatoms. The molecular formula is C12H13BrF2O3. The van der Waals surface area contributed by atoms with Gasteiger partial charge in [0.2, 0.25) is 0 Å². The SMILES string of the molecule is CCOc1cc(OC(F)F)cc(C(=O)C(C)Br)c1. The second-order valence-corrected chi connectivity index (χ2v) is 4.86. The van der Waals surface area contributed by atoms with Gasteiger partial charge in [-0.05, 0) is 26.0 Å². The first-order valence-electron chi connectivity index (χ1n) is 5.35. The van der Waals surface area contributed by atoms with Gasteiger partial charge in [-0.25, -0.2) is 0 Å². The third kappa shape index (κ3) is 4.25. The summed E-state index contributed by atoms with van der Waals surface area (Å²) in [5.74, 6) is 0.00951. The highest BCUT2D eigenvalue weighted by Gasteiger charge is 2.16. The molecule has 1 unspecified atom stereocenters. The lowest BCUT2D eigenvalue weighted by Crippen LogP contribution is -2.11. The van der Waals surface area contributed by atoms with Crippen LogP contribution in [0, 0.1) is 0 Å². The van der Waals surface area contributed by atoms with Crippen LogP contribution in [0.5, 0.6) is 11.5 Å². The summed E-state index contributed by atoms with van der Waals surface area (Å²) in [6.45, 7) is 0.847. The van der Waals surface area contributed by atoms with E-state index in [0.717, 1.165) is 0 Å². The molecule has 0 aliphatic heterocycles. The number of carbonyl (C=O) groups excluding carboxylic acids is 1. The van der Waals surface area contributed by atoms with Crippen molar-refractivity contribution in [3.05, 3.63) is 23.8 Å². The Bertz CT molecular complexity index is 422. The molecule has 0 fully saturated rings. The molecule has 0 radical (unpaired) electrons. The van der Waals surface area contributed by atoms with Crippen LogP contribution < -0.4 is 9.47 Å². The standard InChI is InChI=1S/C12H13BrF2O3/c1-3-17-9-4-8(11(16)7(2)13)5-10(6-9)18-12(14)15/h4-7,12H,3H2,1-2H3. The number of rotatable bonds is 6. The summed E-state index contributed by atoms with van der Waals surface area (Å²) < 4.78 is 33.8. The molecule has 3 nitrogen and oxygen atoms in total. The molecule has 0 saturated carbocycles. The van der Waals surface area contributed by atoms with Gasteiger partial charge in [0.25, 0.3) is 0 Å². The summed E-state index contributed by atoms with van der Waals surface area (Å²) in [5, 5.41) is 0. The van der Waals surface area contributed by atoms with Gasteiger partial charge in [-0.15, -0.1) is 0 Å². The van der Waals surface area contributed by atoms with Crippen molar-refractivity contribution in [2.45, 2.75) is 25.3 Å². The first-order valence-corrected chi connectivity index (χ1v) is 6.26. The minimum Gasteiger partial charge on any atom is -0.494 e. The predicted octanol–water partition coefficient (Wildman–Crippen LogP) is 3.65. The number of halogens is 3. The Morgan fingerprint density at radius 3 is 2.44 bits per heavy atom. The van der Waals surface area contributed by atoms with Gasteiger partial charge in [-0.1, -0.05) is 15.9 Å². The minimum atomic E-state index is -2.94. The van der Waals surface area contributed by atoms with E-state index in [1.54, 1.807) is 13.8 Å². The number of hydrogen-bond acceptors (Lipinski definition) is 3. The summed E-state index contributed by atoms with van der Waals surface area (Å²) in [6, 6.07) is 4.10. The number of ketones is 1. The molecule has 18 heavy (non-hydrogen) atoms. The fourth-order valence-electron chi connectivity index (χ4n) is 1.36. The Morgan fingerprint density at radius 2 is 1.94 bits per heavy atom. The first-order chi connectivity index (χ1) is 8.43. The molecule has 0 aromatic heterocycles. The maximum Gasteiger partial charge on any atom is 0.387 e. The van der Waals surface area contributed by atoms with Crippen molar-refractivity contribution in [3.63, 3.8) is 0 Å². The lowest BCUT2D eigenvalue weighted by Gasteiger charge is -2.11. The van der Waals surface area contributed by atoms with E-state index in [-0.39, 0.29) is 17.1 Å². The van der Waals surface area contributed by atoms with Crippen LogP contribution in [0.1, 0.15) is 24.2 Å². The number of hydrogen-bond donors (Lipinski definition) is 0.